The molecule has 0 aliphatic rings. The second-order valence-corrected chi connectivity index (χ2v) is 6.62. The van der Waals surface area contributed by atoms with Gasteiger partial charge < -0.3 is 19.7 Å². The van der Waals surface area contributed by atoms with Crippen LogP contribution in [0.5, 0.6) is 5.88 Å². The third-order valence-corrected chi connectivity index (χ3v) is 4.42. The van der Waals surface area contributed by atoms with Crippen LogP contribution in [0.2, 0.25) is 0 Å². The fourth-order valence-electron chi connectivity index (χ4n) is 2.93. The maximum absolute atomic E-state index is 10.6. The van der Waals surface area contributed by atoms with Gasteiger partial charge in [0.2, 0.25) is 5.88 Å². The summed E-state index contributed by atoms with van der Waals surface area (Å²) in [5.41, 5.74) is 1.56. The molecule has 27 heavy (non-hydrogen) atoms. The summed E-state index contributed by atoms with van der Waals surface area (Å²) in [7, 11) is 0. The maximum atomic E-state index is 10.6. The Morgan fingerprint density at radius 2 is 1.96 bits per heavy atom. The Balaban J connectivity index is 0.00000364. The minimum atomic E-state index is -1.02. The van der Waals surface area contributed by atoms with Gasteiger partial charge in [-0.15, -0.1) is 0 Å². The van der Waals surface area contributed by atoms with Crippen LogP contribution < -0.4 is 39.4 Å². The number of hydrogen-bond donors (Lipinski definition) is 1. The molecule has 0 spiro atoms. The van der Waals surface area contributed by atoms with Crippen LogP contribution in [-0.2, 0) is 4.79 Å². The number of aliphatic carboxylic acids is 1. The van der Waals surface area contributed by atoms with Gasteiger partial charge in [0, 0.05) is 16.9 Å². The van der Waals surface area contributed by atoms with Crippen molar-refractivity contribution in [3.05, 3.63) is 35.9 Å². The van der Waals surface area contributed by atoms with Gasteiger partial charge in [0.1, 0.15) is 0 Å². The number of aliphatic hydroxyl groups excluding tert-OH is 1. The molecule has 1 atom stereocenters. The number of pyridine rings is 1. The van der Waals surface area contributed by atoms with E-state index in [0.717, 1.165) is 43.0 Å². The van der Waals surface area contributed by atoms with Gasteiger partial charge in [0.05, 0.1) is 18.2 Å². The van der Waals surface area contributed by atoms with Gasteiger partial charge in [-0.05, 0) is 37.8 Å². The Bertz CT molecular complexity index is 708. The third kappa shape index (κ3) is 8.18. The number of unbranched alkanes of at least 4 members (excludes halogenated alkanes) is 4. The van der Waals surface area contributed by atoms with E-state index < -0.39 is 12.1 Å². The number of nitrogens with zero attached hydrogens (tertiary/aromatic N) is 1. The van der Waals surface area contributed by atoms with E-state index in [2.05, 4.69) is 11.9 Å². The Morgan fingerprint density at radius 3 is 2.70 bits per heavy atom. The summed E-state index contributed by atoms with van der Waals surface area (Å²) in [5, 5.41) is 22.0. The molecular formula is C21H28NNaO4. The zero-order valence-electron chi connectivity index (χ0n) is 16.4. The van der Waals surface area contributed by atoms with Crippen LogP contribution >= 0.6 is 0 Å². The van der Waals surface area contributed by atoms with Crippen molar-refractivity contribution in [1.29, 1.82) is 0 Å². The molecule has 0 fully saturated rings. The van der Waals surface area contributed by atoms with Crippen molar-refractivity contribution >= 4 is 16.9 Å². The Kier molecular flexibility index (Phi) is 11.6. The number of carbonyl (C=O) groups is 1. The average molecular weight is 381 g/mol. The van der Waals surface area contributed by atoms with Crippen molar-refractivity contribution in [2.75, 3.05) is 6.61 Å². The van der Waals surface area contributed by atoms with Crippen molar-refractivity contribution in [2.45, 2.75) is 64.4 Å². The minimum absolute atomic E-state index is 0. The van der Waals surface area contributed by atoms with E-state index in [4.69, 9.17) is 4.74 Å². The van der Waals surface area contributed by atoms with Crippen LogP contribution in [0.25, 0.3) is 10.9 Å². The number of carboxylic acid groups (broad SMARTS) is 1. The third-order valence-electron chi connectivity index (χ3n) is 4.42. The molecule has 0 aliphatic carbocycles. The van der Waals surface area contributed by atoms with Gasteiger partial charge in [-0.25, -0.2) is 4.98 Å². The molecule has 2 rings (SSSR count). The summed E-state index contributed by atoms with van der Waals surface area (Å²) in [5.74, 6) is -0.519. The molecule has 0 saturated carbocycles. The van der Waals surface area contributed by atoms with Gasteiger partial charge in [-0.3, -0.25) is 0 Å². The summed E-state index contributed by atoms with van der Waals surface area (Å²) >= 11 is 0. The fraction of sp³-hybridized carbons (Fsp3) is 0.524. The maximum Gasteiger partial charge on any atom is 1.00 e. The summed E-state index contributed by atoms with van der Waals surface area (Å²) in [6, 6.07) is 9.73. The van der Waals surface area contributed by atoms with E-state index in [1.807, 2.05) is 30.3 Å². The van der Waals surface area contributed by atoms with Gasteiger partial charge in [0.25, 0.3) is 0 Å². The standard InChI is InChI=1S/C21H29NO4.Na/c1-2-3-9-14-26-21-17(15-16-10-7-8-11-18(16)22-21)19(23)12-5-4-6-13-20(24)25;/h7-8,10-11,15,19,23H,2-6,9,12-14H2,1H3,(H,24,25);/q;+1/p-1. The molecule has 142 valence electrons. The normalized spacial score (nSPS) is 11.8. The first-order valence-electron chi connectivity index (χ1n) is 9.52. The van der Waals surface area contributed by atoms with Crippen LogP contribution in [0, 0.1) is 0 Å². The van der Waals surface area contributed by atoms with E-state index in [9.17, 15) is 15.0 Å². The largest absolute Gasteiger partial charge is 1.00 e. The van der Waals surface area contributed by atoms with Crippen LogP contribution in [0.3, 0.4) is 0 Å². The molecule has 0 saturated heterocycles. The molecular weight excluding hydrogens is 353 g/mol. The predicted octanol–water partition coefficient (Wildman–Crippen LogP) is 0.542. The number of rotatable bonds is 12. The zero-order chi connectivity index (χ0) is 18.8. The van der Waals surface area contributed by atoms with Crippen molar-refractivity contribution in [2.24, 2.45) is 0 Å². The first kappa shape index (κ1) is 23.9. The van der Waals surface area contributed by atoms with Crippen molar-refractivity contribution in [1.82, 2.24) is 4.98 Å². The van der Waals surface area contributed by atoms with Gasteiger partial charge >= 0.3 is 29.6 Å². The zero-order valence-corrected chi connectivity index (χ0v) is 18.4. The second kappa shape index (κ2) is 13.1. The number of aliphatic hydroxyl groups is 1. The molecule has 0 bridgehead atoms. The number of carbonyl (C=O) groups excluding carboxylic acids is 1. The molecule has 1 unspecified atom stereocenters. The fourth-order valence-corrected chi connectivity index (χ4v) is 2.93. The van der Waals surface area contributed by atoms with Crippen molar-refractivity contribution < 1.29 is 49.3 Å². The molecule has 1 heterocycles. The van der Waals surface area contributed by atoms with Crippen LogP contribution in [0.4, 0.5) is 0 Å². The van der Waals surface area contributed by atoms with E-state index in [1.54, 1.807) is 0 Å². The smallest absolute Gasteiger partial charge is 0.550 e. The average Bonchev–Trinajstić information content (AvgIpc) is 2.64. The van der Waals surface area contributed by atoms with Crippen molar-refractivity contribution in [3.63, 3.8) is 0 Å². The number of aromatic nitrogens is 1. The van der Waals surface area contributed by atoms with Gasteiger partial charge in [-0.2, -0.15) is 0 Å². The first-order valence-corrected chi connectivity index (χ1v) is 9.52. The van der Waals surface area contributed by atoms with Crippen molar-refractivity contribution in [3.8, 4) is 5.88 Å². The first-order chi connectivity index (χ1) is 12.6. The number of fused-ring (bicyclic) bond motifs is 1. The molecule has 1 aromatic heterocycles. The monoisotopic (exact) mass is 381 g/mol. The molecule has 6 heteroatoms. The van der Waals surface area contributed by atoms with Crippen LogP contribution in [0.15, 0.2) is 30.3 Å². The van der Waals surface area contributed by atoms with Crippen LogP contribution in [-0.4, -0.2) is 22.7 Å². The van der Waals surface area contributed by atoms with E-state index >= 15 is 0 Å². The number of benzene rings is 1. The molecule has 5 nitrogen and oxygen atoms in total. The quantitative estimate of drug-likeness (QED) is 0.429. The van der Waals surface area contributed by atoms with Crippen LogP contribution in [0.1, 0.15) is 70.0 Å². The van der Waals surface area contributed by atoms with Gasteiger partial charge in [0.15, 0.2) is 0 Å². The number of ether oxygens (including phenoxy) is 1. The minimum Gasteiger partial charge on any atom is -0.550 e. The number of carboxylic acids is 1. The molecule has 0 amide bonds. The number of hydrogen-bond acceptors (Lipinski definition) is 5. The van der Waals surface area contributed by atoms with E-state index in [-0.39, 0.29) is 36.0 Å². The SMILES string of the molecule is CCCCCOc1nc2ccccc2cc1C(O)CCCCCC(=O)[O-].[Na+]. The molecule has 0 aliphatic heterocycles. The summed E-state index contributed by atoms with van der Waals surface area (Å²) in [6.07, 6.45) is 5.21. The van der Waals surface area contributed by atoms with E-state index in [1.165, 1.54) is 0 Å². The van der Waals surface area contributed by atoms with E-state index in [0.29, 0.717) is 30.9 Å². The molecule has 1 N–H and O–H groups in total. The molecule has 0 radical (unpaired) electrons. The Hall–Kier alpha value is -1.14. The summed E-state index contributed by atoms with van der Waals surface area (Å²) < 4.78 is 5.87. The molecule has 1 aromatic carbocycles. The van der Waals surface area contributed by atoms with Gasteiger partial charge in [-0.1, -0.05) is 50.8 Å². The Labute approximate surface area is 183 Å². The summed E-state index contributed by atoms with van der Waals surface area (Å²) in [6.45, 7) is 2.73. The summed E-state index contributed by atoms with van der Waals surface area (Å²) in [4.78, 5) is 15.0. The predicted molar refractivity (Wildman–Crippen MR) is 99.8 cm³/mol. The Morgan fingerprint density at radius 1 is 1.19 bits per heavy atom. The second-order valence-electron chi connectivity index (χ2n) is 6.62. The topological polar surface area (TPSA) is 82.5 Å². The molecule has 2 aromatic rings. The number of para-hydroxylation sites is 1.